The number of hydrogen-bond acceptors (Lipinski definition) is 6. The van der Waals surface area contributed by atoms with Crippen LogP contribution in [0.3, 0.4) is 0 Å². The summed E-state index contributed by atoms with van der Waals surface area (Å²) in [5.74, 6) is 1.40. The van der Waals surface area contributed by atoms with Crippen molar-refractivity contribution < 1.29 is 9.32 Å². The summed E-state index contributed by atoms with van der Waals surface area (Å²) in [5.41, 5.74) is 2.28. The topological polar surface area (TPSA) is 84.2 Å². The van der Waals surface area contributed by atoms with Crippen molar-refractivity contribution in [1.82, 2.24) is 20.4 Å². The number of carbonyl (C=O) groups excluding carboxylic acids is 1. The zero-order chi connectivity index (χ0) is 19.7. The number of carbonyl (C=O) groups is 1. The smallest absolute Gasteiger partial charge is 0.263 e. The van der Waals surface area contributed by atoms with E-state index in [1.54, 1.807) is 0 Å². The van der Waals surface area contributed by atoms with E-state index in [0.29, 0.717) is 29.7 Å². The molecule has 7 nitrogen and oxygen atoms in total. The predicted molar refractivity (Wildman–Crippen MR) is 107 cm³/mol. The van der Waals surface area contributed by atoms with E-state index in [-0.39, 0.29) is 11.8 Å². The van der Waals surface area contributed by atoms with Crippen molar-refractivity contribution in [2.45, 2.75) is 33.2 Å². The molecule has 0 spiro atoms. The summed E-state index contributed by atoms with van der Waals surface area (Å²) in [7, 11) is 0. The number of nitrogens with one attached hydrogen (secondary N) is 1. The highest BCUT2D eigenvalue weighted by atomic mass is 35.5. The van der Waals surface area contributed by atoms with E-state index in [4.69, 9.17) is 16.1 Å². The molecule has 146 valence electrons. The predicted octanol–water partition coefficient (Wildman–Crippen LogP) is 3.42. The number of piperidine rings is 1. The van der Waals surface area contributed by atoms with Gasteiger partial charge in [-0.15, -0.1) is 0 Å². The van der Waals surface area contributed by atoms with Crippen LogP contribution < -0.4 is 10.2 Å². The summed E-state index contributed by atoms with van der Waals surface area (Å²) in [6, 6.07) is 7.50. The molecule has 0 radical (unpaired) electrons. The number of fused-ring (bicyclic) bond motifs is 1. The Morgan fingerprint density at radius 2 is 2.07 bits per heavy atom. The molecule has 1 unspecified atom stereocenters. The Kier molecular flexibility index (Phi) is 5.17. The molecule has 1 amide bonds. The fraction of sp³-hybridized carbons (Fsp3) is 0.400. The van der Waals surface area contributed by atoms with Gasteiger partial charge in [0, 0.05) is 24.7 Å². The van der Waals surface area contributed by atoms with Gasteiger partial charge in [-0.3, -0.25) is 4.79 Å². The van der Waals surface area contributed by atoms with Crippen LogP contribution in [0.1, 0.15) is 29.9 Å². The minimum absolute atomic E-state index is 0.0590. The van der Waals surface area contributed by atoms with Crippen LogP contribution in [0.4, 0.5) is 5.82 Å². The van der Waals surface area contributed by atoms with Crippen molar-refractivity contribution in [1.29, 1.82) is 0 Å². The Morgan fingerprint density at radius 1 is 1.29 bits per heavy atom. The Balaban J connectivity index is 1.48. The molecule has 1 aromatic carbocycles. The van der Waals surface area contributed by atoms with Gasteiger partial charge >= 0.3 is 0 Å². The number of benzene rings is 1. The normalized spacial score (nSPS) is 17.1. The van der Waals surface area contributed by atoms with Gasteiger partial charge in [0.25, 0.3) is 5.71 Å². The third-order valence-electron chi connectivity index (χ3n) is 5.07. The highest BCUT2D eigenvalue weighted by molar-refractivity contribution is 6.30. The zero-order valence-electron chi connectivity index (χ0n) is 15.9. The molecular formula is C20H22ClN5O2. The lowest BCUT2D eigenvalue weighted by atomic mass is 9.96. The second-order valence-electron chi connectivity index (χ2n) is 7.17. The maximum absolute atomic E-state index is 12.7. The van der Waals surface area contributed by atoms with E-state index in [9.17, 15) is 4.79 Å². The van der Waals surface area contributed by atoms with E-state index in [1.165, 1.54) is 0 Å². The number of nitrogens with zero attached hydrogens (tertiary/aromatic N) is 4. The lowest BCUT2D eigenvalue weighted by Gasteiger charge is -2.33. The summed E-state index contributed by atoms with van der Waals surface area (Å²) in [4.78, 5) is 23.8. The van der Waals surface area contributed by atoms with Gasteiger partial charge in [-0.25, -0.2) is 4.98 Å². The molecule has 1 fully saturated rings. The minimum Gasteiger partial charge on any atom is -0.355 e. The Hall–Kier alpha value is -2.67. The van der Waals surface area contributed by atoms with Crippen LogP contribution in [0.5, 0.6) is 0 Å². The molecule has 1 saturated heterocycles. The van der Waals surface area contributed by atoms with E-state index in [1.807, 2.05) is 38.1 Å². The third-order valence-corrected chi connectivity index (χ3v) is 5.32. The van der Waals surface area contributed by atoms with E-state index < -0.39 is 0 Å². The lowest BCUT2D eigenvalue weighted by molar-refractivity contribution is -0.125. The first-order chi connectivity index (χ1) is 13.5. The fourth-order valence-electron chi connectivity index (χ4n) is 3.62. The van der Waals surface area contributed by atoms with Crippen LogP contribution in [0.25, 0.3) is 11.1 Å². The average Bonchev–Trinajstić information content (AvgIpc) is 3.07. The van der Waals surface area contributed by atoms with Crippen LogP contribution in [0, 0.1) is 19.8 Å². The summed E-state index contributed by atoms with van der Waals surface area (Å²) in [6.07, 6.45) is 1.78. The first-order valence-corrected chi connectivity index (χ1v) is 9.77. The number of rotatable bonds is 4. The Bertz CT molecular complexity index is 1000. The molecular weight excluding hydrogens is 378 g/mol. The third kappa shape index (κ3) is 3.80. The number of aryl methyl sites for hydroxylation is 2. The van der Waals surface area contributed by atoms with Crippen molar-refractivity contribution in [2.24, 2.45) is 5.92 Å². The van der Waals surface area contributed by atoms with Gasteiger partial charge < -0.3 is 14.7 Å². The van der Waals surface area contributed by atoms with Crippen molar-refractivity contribution in [3.63, 3.8) is 0 Å². The van der Waals surface area contributed by atoms with Gasteiger partial charge in [0.05, 0.1) is 11.6 Å². The Labute approximate surface area is 168 Å². The summed E-state index contributed by atoms with van der Waals surface area (Å²) < 4.78 is 5.31. The van der Waals surface area contributed by atoms with Crippen molar-refractivity contribution in [2.75, 3.05) is 18.0 Å². The van der Waals surface area contributed by atoms with Crippen LogP contribution >= 0.6 is 11.6 Å². The van der Waals surface area contributed by atoms with Gasteiger partial charge in [-0.1, -0.05) is 28.9 Å². The maximum atomic E-state index is 12.7. The molecule has 0 bridgehead atoms. The van der Waals surface area contributed by atoms with Crippen molar-refractivity contribution in [3.05, 3.63) is 46.4 Å². The molecule has 1 aliphatic heterocycles. The number of anilines is 1. The van der Waals surface area contributed by atoms with Crippen LogP contribution in [-0.4, -0.2) is 34.1 Å². The molecule has 3 heterocycles. The van der Waals surface area contributed by atoms with Crippen molar-refractivity contribution >= 4 is 34.4 Å². The van der Waals surface area contributed by atoms with Crippen LogP contribution in [0.2, 0.25) is 5.02 Å². The Morgan fingerprint density at radius 3 is 2.86 bits per heavy atom. The van der Waals surface area contributed by atoms with E-state index in [2.05, 4.69) is 25.3 Å². The van der Waals surface area contributed by atoms with E-state index >= 15 is 0 Å². The van der Waals surface area contributed by atoms with Gasteiger partial charge in [0.1, 0.15) is 17.0 Å². The molecule has 4 rings (SSSR count). The second kappa shape index (κ2) is 7.75. The van der Waals surface area contributed by atoms with Crippen molar-refractivity contribution in [3.8, 4) is 0 Å². The molecule has 0 saturated carbocycles. The molecule has 8 heteroatoms. The van der Waals surface area contributed by atoms with Gasteiger partial charge in [0.2, 0.25) is 5.91 Å². The largest absolute Gasteiger partial charge is 0.355 e. The van der Waals surface area contributed by atoms with Crippen LogP contribution in [0.15, 0.2) is 28.8 Å². The molecule has 2 aromatic heterocycles. The highest BCUT2D eigenvalue weighted by Gasteiger charge is 2.28. The molecule has 0 aliphatic carbocycles. The summed E-state index contributed by atoms with van der Waals surface area (Å²) in [6.45, 7) is 5.67. The average molecular weight is 400 g/mol. The molecule has 1 atom stereocenters. The number of amides is 1. The number of aromatic nitrogens is 3. The second-order valence-corrected chi connectivity index (χ2v) is 7.61. The van der Waals surface area contributed by atoms with Gasteiger partial charge in [0.15, 0.2) is 0 Å². The fourth-order valence-corrected chi connectivity index (χ4v) is 3.75. The molecule has 28 heavy (non-hydrogen) atoms. The SMILES string of the molecule is Cc1nc(N2CCCC(C(=O)NCc3ccc(Cl)cc3)C2)c2c(C)noc2n1. The lowest BCUT2D eigenvalue weighted by Crippen LogP contribution is -2.43. The first kappa shape index (κ1) is 18.7. The zero-order valence-corrected chi connectivity index (χ0v) is 16.7. The van der Waals surface area contributed by atoms with E-state index in [0.717, 1.165) is 41.8 Å². The quantitative estimate of drug-likeness (QED) is 0.723. The maximum Gasteiger partial charge on any atom is 0.263 e. The first-order valence-electron chi connectivity index (χ1n) is 9.39. The van der Waals surface area contributed by atoms with Gasteiger partial charge in [-0.2, -0.15) is 4.98 Å². The van der Waals surface area contributed by atoms with Gasteiger partial charge in [-0.05, 0) is 44.4 Å². The minimum atomic E-state index is -0.0912. The highest BCUT2D eigenvalue weighted by Crippen LogP contribution is 2.30. The molecule has 1 N–H and O–H groups in total. The number of halogens is 1. The monoisotopic (exact) mass is 399 g/mol. The molecule has 3 aromatic rings. The standard InChI is InChI=1S/C20H22ClN5O2/c1-12-17-18(23-13(2)24-20(17)28-25-12)26-9-3-4-15(11-26)19(27)22-10-14-5-7-16(21)8-6-14/h5-8,15H,3-4,9-11H2,1-2H3,(H,22,27). The summed E-state index contributed by atoms with van der Waals surface area (Å²) >= 11 is 5.91. The van der Waals surface area contributed by atoms with Crippen LogP contribution in [-0.2, 0) is 11.3 Å². The number of hydrogen-bond donors (Lipinski definition) is 1. The molecule has 1 aliphatic rings. The summed E-state index contributed by atoms with van der Waals surface area (Å²) in [5, 5.41) is 8.58.